The predicted molar refractivity (Wildman–Crippen MR) is 101 cm³/mol. The molecule has 0 fully saturated rings. The first-order valence-electron chi connectivity index (χ1n) is 8.68. The smallest absolute Gasteiger partial charge is 0.413 e. The van der Waals surface area contributed by atoms with E-state index in [-0.39, 0.29) is 6.54 Å². The third-order valence-electron chi connectivity index (χ3n) is 3.45. The summed E-state index contributed by atoms with van der Waals surface area (Å²) in [5.41, 5.74) is 0. The molecule has 0 bridgehead atoms. The molecule has 0 saturated heterocycles. The van der Waals surface area contributed by atoms with Crippen molar-refractivity contribution in [2.24, 2.45) is 0 Å². The van der Waals surface area contributed by atoms with Crippen molar-refractivity contribution < 1.29 is 28.6 Å². The Bertz CT molecular complexity index is 782. The molecule has 0 aliphatic rings. The highest BCUT2D eigenvalue weighted by molar-refractivity contribution is 5.81. The SMILES string of the molecule is CC(CNC(=O)Oc1ccccc1)OC(=O)C(C)NC(=O)Oc1ccccc1. The Hall–Kier alpha value is -3.55. The Morgan fingerprint density at radius 2 is 1.32 bits per heavy atom. The van der Waals surface area contributed by atoms with Crippen LogP contribution < -0.4 is 20.1 Å². The van der Waals surface area contributed by atoms with Crippen LogP contribution in [0.3, 0.4) is 0 Å². The number of amides is 2. The Morgan fingerprint density at radius 1 is 0.821 bits per heavy atom. The minimum absolute atomic E-state index is 0.0542. The third-order valence-corrected chi connectivity index (χ3v) is 3.45. The third kappa shape index (κ3) is 7.36. The number of hydrogen-bond acceptors (Lipinski definition) is 6. The van der Waals surface area contributed by atoms with Crippen molar-refractivity contribution in [2.45, 2.75) is 26.0 Å². The number of carbonyl (C=O) groups is 3. The summed E-state index contributed by atoms with van der Waals surface area (Å²) in [6.07, 6.45) is -2.05. The number of hydrogen-bond donors (Lipinski definition) is 2. The van der Waals surface area contributed by atoms with Gasteiger partial charge in [-0.25, -0.2) is 14.4 Å². The van der Waals surface area contributed by atoms with Crippen molar-refractivity contribution in [2.75, 3.05) is 6.54 Å². The summed E-state index contributed by atoms with van der Waals surface area (Å²) >= 11 is 0. The first-order valence-corrected chi connectivity index (χ1v) is 8.68. The van der Waals surface area contributed by atoms with Gasteiger partial charge in [0, 0.05) is 0 Å². The van der Waals surface area contributed by atoms with E-state index in [1.165, 1.54) is 6.92 Å². The molecule has 0 aliphatic carbocycles. The van der Waals surface area contributed by atoms with E-state index in [9.17, 15) is 14.4 Å². The zero-order valence-corrected chi connectivity index (χ0v) is 15.6. The lowest BCUT2D eigenvalue weighted by atomic mass is 10.3. The van der Waals surface area contributed by atoms with E-state index in [4.69, 9.17) is 14.2 Å². The second-order valence-electron chi connectivity index (χ2n) is 5.90. The van der Waals surface area contributed by atoms with Gasteiger partial charge in [-0.15, -0.1) is 0 Å². The molecule has 0 aliphatic heterocycles. The average Bonchev–Trinajstić information content (AvgIpc) is 2.67. The van der Waals surface area contributed by atoms with Crippen LogP contribution in [0.25, 0.3) is 0 Å². The van der Waals surface area contributed by atoms with Crippen LogP contribution in [0, 0.1) is 0 Å². The maximum Gasteiger partial charge on any atom is 0.413 e. The molecule has 0 spiro atoms. The van der Waals surface area contributed by atoms with Gasteiger partial charge in [0.1, 0.15) is 23.6 Å². The van der Waals surface area contributed by atoms with E-state index in [1.54, 1.807) is 67.6 Å². The summed E-state index contributed by atoms with van der Waals surface area (Å²) in [5.74, 6) is 0.102. The van der Waals surface area contributed by atoms with E-state index in [0.717, 1.165) is 0 Å². The minimum atomic E-state index is -0.921. The van der Waals surface area contributed by atoms with Gasteiger partial charge in [0.15, 0.2) is 0 Å². The van der Waals surface area contributed by atoms with Gasteiger partial charge in [-0.2, -0.15) is 0 Å². The van der Waals surface area contributed by atoms with Crippen LogP contribution in [-0.4, -0.2) is 36.8 Å². The molecule has 0 radical (unpaired) electrons. The lowest BCUT2D eigenvalue weighted by molar-refractivity contribution is -0.149. The van der Waals surface area contributed by atoms with Crippen molar-refractivity contribution in [3.05, 3.63) is 60.7 Å². The standard InChI is InChI=1S/C20H22N2O6/c1-14(13-21-19(24)27-16-9-5-3-6-10-16)26-18(23)15(2)22-20(25)28-17-11-7-4-8-12-17/h3-12,14-15H,13H2,1-2H3,(H,21,24)(H,22,25). The largest absolute Gasteiger partial charge is 0.459 e. The van der Waals surface area contributed by atoms with Gasteiger partial charge >= 0.3 is 18.2 Å². The fourth-order valence-corrected chi connectivity index (χ4v) is 2.06. The van der Waals surface area contributed by atoms with Crippen LogP contribution in [0.4, 0.5) is 9.59 Å². The number of benzene rings is 2. The highest BCUT2D eigenvalue weighted by atomic mass is 16.6. The van der Waals surface area contributed by atoms with Crippen molar-refractivity contribution in [3.63, 3.8) is 0 Å². The van der Waals surface area contributed by atoms with E-state index in [1.807, 2.05) is 0 Å². The van der Waals surface area contributed by atoms with E-state index in [2.05, 4.69) is 10.6 Å². The fraction of sp³-hybridized carbons (Fsp3) is 0.250. The molecule has 0 heterocycles. The number of nitrogens with one attached hydrogen (secondary N) is 2. The van der Waals surface area contributed by atoms with Crippen LogP contribution in [-0.2, 0) is 9.53 Å². The quantitative estimate of drug-likeness (QED) is 0.710. The Labute approximate surface area is 162 Å². The molecule has 2 N–H and O–H groups in total. The number of esters is 1. The summed E-state index contributed by atoms with van der Waals surface area (Å²) < 4.78 is 15.3. The highest BCUT2D eigenvalue weighted by Gasteiger charge is 2.21. The molecule has 2 aromatic rings. The highest BCUT2D eigenvalue weighted by Crippen LogP contribution is 2.09. The number of para-hydroxylation sites is 2. The second-order valence-corrected chi connectivity index (χ2v) is 5.90. The van der Waals surface area contributed by atoms with Gasteiger partial charge in [-0.1, -0.05) is 36.4 Å². The maximum atomic E-state index is 12.0. The molecule has 148 valence electrons. The maximum absolute atomic E-state index is 12.0. The molecule has 2 aromatic carbocycles. The molecule has 28 heavy (non-hydrogen) atoms. The van der Waals surface area contributed by atoms with Gasteiger partial charge in [0.2, 0.25) is 0 Å². The van der Waals surface area contributed by atoms with Gasteiger partial charge < -0.3 is 24.8 Å². The van der Waals surface area contributed by atoms with E-state index < -0.39 is 30.3 Å². The minimum Gasteiger partial charge on any atom is -0.459 e. The normalized spacial score (nSPS) is 12.2. The fourth-order valence-electron chi connectivity index (χ4n) is 2.06. The van der Waals surface area contributed by atoms with Crippen molar-refractivity contribution >= 4 is 18.2 Å². The first kappa shape index (κ1) is 20.8. The molecule has 0 aromatic heterocycles. The summed E-state index contributed by atoms with van der Waals surface area (Å²) in [7, 11) is 0. The van der Waals surface area contributed by atoms with Crippen LogP contribution in [0.1, 0.15) is 13.8 Å². The molecule has 2 amide bonds. The first-order chi connectivity index (χ1) is 13.4. The Balaban J connectivity index is 1.69. The Kier molecular flexibility index (Phi) is 7.83. The molecule has 0 saturated carbocycles. The molecular formula is C20H22N2O6. The zero-order chi connectivity index (χ0) is 20.4. The van der Waals surface area contributed by atoms with Crippen LogP contribution in [0.15, 0.2) is 60.7 Å². The van der Waals surface area contributed by atoms with E-state index >= 15 is 0 Å². The van der Waals surface area contributed by atoms with E-state index in [0.29, 0.717) is 11.5 Å². The molecule has 2 atom stereocenters. The predicted octanol–water partition coefficient (Wildman–Crippen LogP) is 2.88. The molecule has 8 nitrogen and oxygen atoms in total. The summed E-state index contributed by atoms with van der Waals surface area (Å²) in [5, 5.41) is 4.88. The molecule has 2 rings (SSSR count). The monoisotopic (exact) mass is 386 g/mol. The van der Waals surface area contributed by atoms with Crippen molar-refractivity contribution in [3.8, 4) is 11.5 Å². The lowest BCUT2D eigenvalue weighted by Crippen LogP contribution is -2.43. The van der Waals surface area contributed by atoms with Crippen molar-refractivity contribution in [1.29, 1.82) is 0 Å². The van der Waals surface area contributed by atoms with Crippen LogP contribution in [0.2, 0.25) is 0 Å². The number of rotatable bonds is 7. The topological polar surface area (TPSA) is 103 Å². The van der Waals surface area contributed by atoms with Crippen LogP contribution >= 0.6 is 0 Å². The molecular weight excluding hydrogens is 364 g/mol. The van der Waals surface area contributed by atoms with Crippen molar-refractivity contribution in [1.82, 2.24) is 10.6 Å². The summed E-state index contributed by atoms with van der Waals surface area (Å²) in [6, 6.07) is 16.1. The molecule has 2 unspecified atom stereocenters. The number of ether oxygens (including phenoxy) is 3. The Morgan fingerprint density at radius 3 is 1.86 bits per heavy atom. The summed E-state index contributed by atoms with van der Waals surface area (Å²) in [4.78, 5) is 35.5. The average molecular weight is 386 g/mol. The summed E-state index contributed by atoms with van der Waals surface area (Å²) in [6.45, 7) is 3.13. The zero-order valence-electron chi connectivity index (χ0n) is 15.6. The van der Waals surface area contributed by atoms with Gasteiger partial charge in [-0.3, -0.25) is 0 Å². The van der Waals surface area contributed by atoms with Gasteiger partial charge in [0.05, 0.1) is 6.54 Å². The molecule has 8 heteroatoms. The lowest BCUT2D eigenvalue weighted by Gasteiger charge is -2.18. The number of carbonyl (C=O) groups excluding carboxylic acids is 3. The second kappa shape index (κ2) is 10.6. The van der Waals surface area contributed by atoms with Gasteiger partial charge in [0.25, 0.3) is 0 Å². The van der Waals surface area contributed by atoms with Crippen LogP contribution in [0.5, 0.6) is 11.5 Å². The van der Waals surface area contributed by atoms with Gasteiger partial charge in [-0.05, 0) is 38.1 Å².